The summed E-state index contributed by atoms with van der Waals surface area (Å²) in [5.74, 6) is 0.812. The minimum Gasteiger partial charge on any atom is -0.464 e. The SMILES string of the molecule is O=C(OCCCc1cccc2ccccc12)[C@@]1(O)CCSC1. The van der Waals surface area contributed by atoms with Gasteiger partial charge in [0, 0.05) is 5.75 Å². The Hall–Kier alpha value is -1.52. The van der Waals surface area contributed by atoms with E-state index in [2.05, 4.69) is 30.3 Å². The molecule has 0 aromatic heterocycles. The lowest BCUT2D eigenvalue weighted by Gasteiger charge is -2.19. The van der Waals surface area contributed by atoms with Crippen LogP contribution >= 0.6 is 11.8 Å². The zero-order chi connectivity index (χ0) is 15.4. The fraction of sp³-hybridized carbons (Fsp3) is 0.389. The van der Waals surface area contributed by atoms with Crippen molar-refractivity contribution in [3.05, 3.63) is 48.0 Å². The van der Waals surface area contributed by atoms with E-state index in [1.165, 1.54) is 16.3 Å². The van der Waals surface area contributed by atoms with Crippen molar-refractivity contribution >= 4 is 28.5 Å². The standard InChI is InChI=1S/C18H20O3S/c19-17(18(20)10-12-22-13-18)21-11-4-8-15-7-3-6-14-5-1-2-9-16(14)15/h1-3,5-7,9,20H,4,8,10-13H2/t18-/m1/s1. The van der Waals surface area contributed by atoms with E-state index in [4.69, 9.17) is 4.74 Å². The molecule has 0 saturated carbocycles. The highest BCUT2D eigenvalue weighted by molar-refractivity contribution is 7.99. The topological polar surface area (TPSA) is 46.5 Å². The maximum Gasteiger partial charge on any atom is 0.339 e. The summed E-state index contributed by atoms with van der Waals surface area (Å²) < 4.78 is 5.26. The summed E-state index contributed by atoms with van der Waals surface area (Å²) >= 11 is 1.60. The molecular formula is C18H20O3S. The number of esters is 1. The average Bonchev–Trinajstić information content (AvgIpc) is 2.99. The average molecular weight is 316 g/mol. The van der Waals surface area contributed by atoms with E-state index in [-0.39, 0.29) is 0 Å². The second-order valence-corrected chi connectivity index (χ2v) is 6.82. The van der Waals surface area contributed by atoms with Gasteiger partial charge in [0.25, 0.3) is 0 Å². The van der Waals surface area contributed by atoms with Gasteiger partial charge in [0.15, 0.2) is 5.60 Å². The second kappa shape index (κ2) is 6.71. The molecule has 1 fully saturated rings. The number of thioether (sulfide) groups is 1. The molecule has 0 bridgehead atoms. The van der Waals surface area contributed by atoms with Crippen LogP contribution in [0.15, 0.2) is 42.5 Å². The Morgan fingerprint density at radius 2 is 2.05 bits per heavy atom. The summed E-state index contributed by atoms with van der Waals surface area (Å²) in [6, 6.07) is 14.6. The van der Waals surface area contributed by atoms with Crippen molar-refractivity contribution in [3.63, 3.8) is 0 Å². The van der Waals surface area contributed by atoms with Crippen LogP contribution in [0, 0.1) is 0 Å². The third kappa shape index (κ3) is 3.28. The first-order chi connectivity index (χ1) is 10.7. The van der Waals surface area contributed by atoms with Crippen molar-refractivity contribution in [2.24, 2.45) is 0 Å². The molecule has 1 aliphatic heterocycles. The highest BCUT2D eigenvalue weighted by atomic mass is 32.2. The molecule has 1 aliphatic rings. The molecule has 1 N–H and O–H groups in total. The molecule has 0 radical (unpaired) electrons. The van der Waals surface area contributed by atoms with E-state index in [0.29, 0.717) is 18.8 Å². The summed E-state index contributed by atoms with van der Waals surface area (Å²) in [6.45, 7) is 0.356. The second-order valence-electron chi connectivity index (χ2n) is 5.71. The van der Waals surface area contributed by atoms with Gasteiger partial charge in [-0.05, 0) is 41.4 Å². The highest BCUT2D eigenvalue weighted by Crippen LogP contribution is 2.29. The van der Waals surface area contributed by atoms with Crippen molar-refractivity contribution in [2.45, 2.75) is 24.9 Å². The predicted octanol–water partition coefficient (Wildman–Crippen LogP) is 3.18. The number of fused-ring (bicyclic) bond motifs is 1. The number of ether oxygens (including phenoxy) is 1. The molecule has 3 rings (SSSR count). The molecule has 1 saturated heterocycles. The number of hydrogen-bond acceptors (Lipinski definition) is 4. The molecule has 1 atom stereocenters. The first-order valence-electron chi connectivity index (χ1n) is 7.63. The van der Waals surface area contributed by atoms with Crippen LogP contribution in [0.2, 0.25) is 0 Å². The lowest BCUT2D eigenvalue weighted by molar-refractivity contribution is -0.162. The minimum atomic E-state index is -1.26. The van der Waals surface area contributed by atoms with Crippen LogP contribution in [-0.2, 0) is 16.0 Å². The van der Waals surface area contributed by atoms with E-state index in [1.807, 2.05) is 12.1 Å². The van der Waals surface area contributed by atoms with Gasteiger partial charge in [-0.3, -0.25) is 0 Å². The third-order valence-corrected chi connectivity index (χ3v) is 5.26. The van der Waals surface area contributed by atoms with E-state index in [9.17, 15) is 9.90 Å². The van der Waals surface area contributed by atoms with E-state index >= 15 is 0 Å². The number of carbonyl (C=O) groups is 1. The fourth-order valence-electron chi connectivity index (χ4n) is 2.79. The summed E-state index contributed by atoms with van der Waals surface area (Å²) in [5.41, 5.74) is 0.00804. The summed E-state index contributed by atoms with van der Waals surface area (Å²) in [5, 5.41) is 12.6. The Kier molecular flexibility index (Phi) is 4.69. The first kappa shape index (κ1) is 15.4. The molecule has 0 spiro atoms. The molecular weight excluding hydrogens is 296 g/mol. The minimum absolute atomic E-state index is 0.356. The molecule has 22 heavy (non-hydrogen) atoms. The summed E-state index contributed by atoms with van der Waals surface area (Å²) in [6.07, 6.45) is 2.13. The Bertz CT molecular complexity index is 657. The molecule has 2 aromatic rings. The fourth-order valence-corrected chi connectivity index (χ4v) is 4.01. The van der Waals surface area contributed by atoms with Gasteiger partial charge in [-0.1, -0.05) is 42.5 Å². The Labute approximate surface area is 134 Å². The molecule has 1 heterocycles. The monoisotopic (exact) mass is 316 g/mol. The molecule has 4 heteroatoms. The lowest BCUT2D eigenvalue weighted by atomic mass is 10.0. The third-order valence-electron chi connectivity index (χ3n) is 4.08. The quantitative estimate of drug-likeness (QED) is 0.680. The maximum absolute atomic E-state index is 11.9. The zero-order valence-electron chi connectivity index (χ0n) is 12.5. The van der Waals surface area contributed by atoms with Crippen molar-refractivity contribution in [1.82, 2.24) is 0 Å². The number of hydrogen-bond donors (Lipinski definition) is 1. The van der Waals surface area contributed by atoms with E-state index in [0.717, 1.165) is 18.6 Å². The van der Waals surface area contributed by atoms with Gasteiger partial charge in [0.1, 0.15) is 0 Å². The van der Waals surface area contributed by atoms with Gasteiger partial charge >= 0.3 is 5.97 Å². The number of carbonyl (C=O) groups excluding carboxylic acids is 1. The molecule has 2 aromatic carbocycles. The largest absolute Gasteiger partial charge is 0.464 e. The van der Waals surface area contributed by atoms with Gasteiger partial charge < -0.3 is 9.84 Å². The number of aryl methyl sites for hydroxylation is 1. The highest BCUT2D eigenvalue weighted by Gasteiger charge is 2.40. The lowest BCUT2D eigenvalue weighted by Crippen LogP contribution is -2.40. The van der Waals surface area contributed by atoms with Gasteiger partial charge in [-0.2, -0.15) is 11.8 Å². The van der Waals surface area contributed by atoms with Crippen LogP contribution in [-0.4, -0.2) is 34.8 Å². The normalized spacial score (nSPS) is 21.1. The summed E-state index contributed by atoms with van der Waals surface area (Å²) in [4.78, 5) is 11.9. The van der Waals surface area contributed by atoms with Gasteiger partial charge in [0.2, 0.25) is 0 Å². The van der Waals surface area contributed by atoms with Crippen molar-refractivity contribution in [2.75, 3.05) is 18.1 Å². The molecule has 116 valence electrons. The van der Waals surface area contributed by atoms with Gasteiger partial charge in [-0.15, -0.1) is 0 Å². The number of benzene rings is 2. The van der Waals surface area contributed by atoms with Crippen LogP contribution < -0.4 is 0 Å². The van der Waals surface area contributed by atoms with E-state index < -0.39 is 11.6 Å². The predicted molar refractivity (Wildman–Crippen MR) is 90.1 cm³/mol. The zero-order valence-corrected chi connectivity index (χ0v) is 13.3. The molecule has 0 aliphatic carbocycles. The Morgan fingerprint density at radius 3 is 2.86 bits per heavy atom. The number of aliphatic hydroxyl groups is 1. The van der Waals surface area contributed by atoms with Crippen LogP contribution in [0.5, 0.6) is 0 Å². The van der Waals surface area contributed by atoms with Crippen molar-refractivity contribution in [3.8, 4) is 0 Å². The molecule has 0 unspecified atom stereocenters. The summed E-state index contributed by atoms with van der Waals surface area (Å²) in [7, 11) is 0. The Morgan fingerprint density at radius 1 is 1.23 bits per heavy atom. The van der Waals surface area contributed by atoms with Crippen molar-refractivity contribution in [1.29, 1.82) is 0 Å². The van der Waals surface area contributed by atoms with Crippen LogP contribution in [0.4, 0.5) is 0 Å². The maximum atomic E-state index is 11.9. The van der Waals surface area contributed by atoms with E-state index in [1.54, 1.807) is 11.8 Å². The number of rotatable bonds is 5. The van der Waals surface area contributed by atoms with Gasteiger partial charge in [-0.25, -0.2) is 4.79 Å². The van der Waals surface area contributed by atoms with Crippen LogP contribution in [0.3, 0.4) is 0 Å². The van der Waals surface area contributed by atoms with Crippen molar-refractivity contribution < 1.29 is 14.6 Å². The first-order valence-corrected chi connectivity index (χ1v) is 8.78. The molecule has 0 amide bonds. The Balaban J connectivity index is 1.53. The van der Waals surface area contributed by atoms with Crippen LogP contribution in [0.1, 0.15) is 18.4 Å². The smallest absolute Gasteiger partial charge is 0.339 e. The molecule has 3 nitrogen and oxygen atoms in total. The van der Waals surface area contributed by atoms with Gasteiger partial charge in [0.05, 0.1) is 6.61 Å². The van der Waals surface area contributed by atoms with Crippen LogP contribution in [0.25, 0.3) is 10.8 Å².